The van der Waals surface area contributed by atoms with E-state index in [4.69, 9.17) is 0 Å². The average Bonchev–Trinajstić information content (AvgIpc) is 2.33. The van der Waals surface area contributed by atoms with Gasteiger partial charge in [0.2, 0.25) is 0 Å². The fourth-order valence-corrected chi connectivity index (χ4v) is 1.87. The Hall–Kier alpha value is 0.420. The monoisotopic (exact) mass is 356 g/mol. The van der Waals surface area contributed by atoms with Gasteiger partial charge in [-0.3, -0.25) is 4.39 Å². The number of alkyl halides is 7. The van der Waals surface area contributed by atoms with E-state index in [-0.39, 0.29) is 29.6 Å². The summed E-state index contributed by atoms with van der Waals surface area (Å²) in [5.41, 5.74) is 0. The Morgan fingerprint density at radius 1 is 0.810 bits per heavy atom. The molecular weight excluding hydrogens is 344 g/mol. The summed E-state index contributed by atoms with van der Waals surface area (Å²) < 4.78 is 120. The van der Waals surface area contributed by atoms with E-state index < -0.39 is 66.0 Å². The molecule has 0 heterocycles. The zero-order valence-electron chi connectivity index (χ0n) is 10.9. The molecule has 12 heteroatoms. The molecule has 122 valence electrons. The van der Waals surface area contributed by atoms with Crippen molar-refractivity contribution in [3.8, 4) is 0 Å². The van der Waals surface area contributed by atoms with Crippen LogP contribution in [-0.4, -0.2) is 62.4 Å². The minimum Gasteiger partial charge on any atom is -0.748 e. The van der Waals surface area contributed by atoms with E-state index in [0.717, 1.165) is 0 Å². The van der Waals surface area contributed by atoms with Crippen LogP contribution in [0.1, 0.15) is 6.42 Å². The Bertz CT molecular complexity index is 386. The van der Waals surface area contributed by atoms with Gasteiger partial charge < -0.3 is 4.55 Å². The molecule has 0 aromatic carbocycles. The molecule has 0 fully saturated rings. The zero-order valence-corrected chi connectivity index (χ0v) is 13.7. The van der Waals surface area contributed by atoms with Gasteiger partial charge in [0, 0.05) is 6.42 Å². The van der Waals surface area contributed by atoms with Crippen molar-refractivity contribution in [2.45, 2.75) is 43.5 Å². The van der Waals surface area contributed by atoms with Crippen molar-refractivity contribution in [2.75, 3.05) is 12.4 Å². The second-order valence-electron chi connectivity index (χ2n) is 4.01. The molecule has 0 saturated carbocycles. The van der Waals surface area contributed by atoms with Gasteiger partial charge in [-0.2, -0.15) is 0 Å². The molecule has 0 aliphatic rings. The molecule has 0 saturated heterocycles. The van der Waals surface area contributed by atoms with Crippen LogP contribution >= 0.6 is 0 Å². The Morgan fingerprint density at radius 3 is 1.52 bits per heavy atom. The summed E-state index contributed by atoms with van der Waals surface area (Å²) in [4.78, 5) is 0. The first-order chi connectivity index (χ1) is 9.01. The molecule has 6 atom stereocenters. The third-order valence-electron chi connectivity index (χ3n) is 2.35. The van der Waals surface area contributed by atoms with Gasteiger partial charge in [-0.05, 0) is 0 Å². The largest absolute Gasteiger partial charge is 1.00 e. The molecule has 0 amide bonds. The van der Waals surface area contributed by atoms with Gasteiger partial charge in [-0.1, -0.05) is 0 Å². The van der Waals surface area contributed by atoms with Gasteiger partial charge in [0.1, 0.15) is 12.3 Å². The van der Waals surface area contributed by atoms with Crippen molar-refractivity contribution in [3.63, 3.8) is 0 Å². The van der Waals surface area contributed by atoms with Gasteiger partial charge >= 0.3 is 29.6 Å². The summed E-state index contributed by atoms with van der Waals surface area (Å²) in [7, 11) is -5.24. The van der Waals surface area contributed by atoms with Crippen LogP contribution in [0.15, 0.2) is 0 Å². The van der Waals surface area contributed by atoms with E-state index >= 15 is 0 Å². The summed E-state index contributed by atoms with van der Waals surface area (Å²) in [6, 6.07) is 0. The van der Waals surface area contributed by atoms with Crippen molar-refractivity contribution in [3.05, 3.63) is 0 Å². The summed E-state index contributed by atoms with van der Waals surface area (Å²) >= 11 is 0. The molecular formula is C9H12F7NaO3S. The van der Waals surface area contributed by atoms with Crippen LogP contribution in [0, 0.1) is 0 Å². The standard InChI is InChI=1S/C9H13F7O3S.Na/c10-2-1-4(11)6(13)8(15)9(16)7(14)5(12)3-20(17,18)19;/h4-9H,1-3H2,(H,17,18,19);/q;+1/p-1. The number of rotatable bonds is 9. The SMILES string of the molecule is O=S(=O)([O-])CC(F)C(F)C(F)C(F)C(F)C(F)CCF.[Na+]. The van der Waals surface area contributed by atoms with Gasteiger partial charge in [0.05, 0.1) is 22.5 Å². The predicted octanol–water partition coefficient (Wildman–Crippen LogP) is -1.08. The van der Waals surface area contributed by atoms with E-state index in [9.17, 15) is 43.7 Å². The normalized spacial score (nSPS) is 20.8. The first-order valence-electron chi connectivity index (χ1n) is 5.35. The minimum absolute atomic E-state index is 0. The molecule has 0 aromatic rings. The maximum atomic E-state index is 13.1. The van der Waals surface area contributed by atoms with Gasteiger partial charge in [-0.15, -0.1) is 0 Å². The fraction of sp³-hybridized carbons (Fsp3) is 1.00. The first-order valence-corrected chi connectivity index (χ1v) is 6.93. The molecule has 3 nitrogen and oxygen atoms in total. The van der Waals surface area contributed by atoms with Crippen molar-refractivity contribution in [1.82, 2.24) is 0 Å². The van der Waals surface area contributed by atoms with Crippen LogP contribution in [0.3, 0.4) is 0 Å². The topological polar surface area (TPSA) is 57.2 Å². The number of hydrogen-bond acceptors (Lipinski definition) is 3. The Balaban J connectivity index is 0. The predicted molar refractivity (Wildman–Crippen MR) is 54.5 cm³/mol. The Labute approximate surface area is 139 Å². The summed E-state index contributed by atoms with van der Waals surface area (Å²) in [6.07, 6.45) is -20.8. The van der Waals surface area contributed by atoms with Crippen molar-refractivity contribution >= 4 is 10.1 Å². The molecule has 0 aliphatic carbocycles. The summed E-state index contributed by atoms with van der Waals surface area (Å²) in [6.45, 7) is -1.37. The van der Waals surface area contributed by atoms with E-state index in [1.54, 1.807) is 0 Å². The van der Waals surface area contributed by atoms with E-state index in [1.807, 2.05) is 0 Å². The zero-order chi connectivity index (χ0) is 16.1. The van der Waals surface area contributed by atoms with Crippen LogP contribution in [-0.2, 0) is 10.1 Å². The quantitative estimate of drug-likeness (QED) is 0.300. The molecule has 0 radical (unpaired) electrons. The molecule has 0 bridgehead atoms. The maximum absolute atomic E-state index is 13.1. The van der Waals surface area contributed by atoms with Crippen molar-refractivity contribution < 1.29 is 73.3 Å². The number of hydrogen-bond donors (Lipinski definition) is 0. The van der Waals surface area contributed by atoms with Crippen LogP contribution in [0.25, 0.3) is 0 Å². The minimum atomic E-state index is -5.24. The van der Waals surface area contributed by atoms with Gasteiger partial charge in [0.25, 0.3) is 0 Å². The third kappa shape index (κ3) is 8.58. The van der Waals surface area contributed by atoms with Crippen molar-refractivity contribution in [2.24, 2.45) is 0 Å². The Morgan fingerprint density at radius 2 is 1.19 bits per heavy atom. The molecule has 0 aromatic heterocycles. The molecule has 0 N–H and O–H groups in total. The molecule has 0 aliphatic heterocycles. The molecule has 21 heavy (non-hydrogen) atoms. The smallest absolute Gasteiger partial charge is 0.748 e. The first kappa shape index (κ1) is 23.7. The maximum Gasteiger partial charge on any atom is 1.00 e. The third-order valence-corrected chi connectivity index (χ3v) is 3.08. The summed E-state index contributed by atoms with van der Waals surface area (Å²) in [5.74, 6) is -1.97. The molecule has 0 spiro atoms. The molecule has 0 rings (SSSR count). The van der Waals surface area contributed by atoms with Crippen LogP contribution < -0.4 is 29.6 Å². The van der Waals surface area contributed by atoms with Crippen LogP contribution in [0.4, 0.5) is 30.7 Å². The van der Waals surface area contributed by atoms with Crippen molar-refractivity contribution in [1.29, 1.82) is 0 Å². The Kier molecular flexibility index (Phi) is 11.6. The van der Waals surface area contributed by atoms with Gasteiger partial charge in [-0.25, -0.2) is 34.8 Å². The second kappa shape index (κ2) is 10.2. The fourth-order valence-electron chi connectivity index (χ4n) is 1.30. The molecule has 6 unspecified atom stereocenters. The van der Waals surface area contributed by atoms with E-state index in [0.29, 0.717) is 0 Å². The van der Waals surface area contributed by atoms with Gasteiger partial charge in [0.15, 0.2) is 24.7 Å². The van der Waals surface area contributed by atoms with E-state index in [2.05, 4.69) is 0 Å². The second-order valence-corrected chi connectivity index (χ2v) is 5.46. The van der Waals surface area contributed by atoms with E-state index in [1.165, 1.54) is 0 Å². The van der Waals surface area contributed by atoms with Crippen LogP contribution in [0.5, 0.6) is 0 Å². The summed E-state index contributed by atoms with van der Waals surface area (Å²) in [5, 5.41) is 0. The number of halogens is 7. The van der Waals surface area contributed by atoms with Crippen LogP contribution in [0.2, 0.25) is 0 Å². The average molecular weight is 356 g/mol.